The topological polar surface area (TPSA) is 80.0 Å². The summed E-state index contributed by atoms with van der Waals surface area (Å²) in [4.78, 5) is 16.6. The highest BCUT2D eigenvalue weighted by atomic mass is 32.2. The number of aromatic nitrogens is 1. The summed E-state index contributed by atoms with van der Waals surface area (Å²) in [6.45, 7) is 0. The average Bonchev–Trinajstić information content (AvgIpc) is 2.99. The van der Waals surface area contributed by atoms with Gasteiger partial charge in [0.1, 0.15) is 11.5 Å². The maximum atomic E-state index is 12.3. The Kier molecular flexibility index (Phi) is 3.75. The molecule has 1 atom stereocenters. The van der Waals surface area contributed by atoms with Crippen LogP contribution >= 0.6 is 11.8 Å². The standard InChI is InChI=1S/C14H16N4OS/c15-18-13-11-4-2-1-3-9(11)7-12(17-13)14(19)16-10-5-6-20-8-10/h1-4,7,10H,5-6,8,15H2,(H,16,19)(H,17,18). The van der Waals surface area contributed by atoms with Gasteiger partial charge in [0.25, 0.3) is 5.91 Å². The molecule has 0 aliphatic carbocycles. The van der Waals surface area contributed by atoms with Crippen molar-refractivity contribution in [2.45, 2.75) is 12.5 Å². The fourth-order valence-corrected chi connectivity index (χ4v) is 3.49. The van der Waals surface area contributed by atoms with Gasteiger partial charge < -0.3 is 10.7 Å². The number of carbonyl (C=O) groups excluding carboxylic acids is 1. The van der Waals surface area contributed by atoms with Crippen LogP contribution in [0.4, 0.5) is 5.82 Å². The highest BCUT2D eigenvalue weighted by Gasteiger charge is 2.19. The number of nitrogens with zero attached hydrogens (tertiary/aromatic N) is 1. The molecule has 3 rings (SSSR count). The first-order valence-electron chi connectivity index (χ1n) is 6.53. The van der Waals surface area contributed by atoms with Gasteiger partial charge in [0, 0.05) is 17.2 Å². The Bertz CT molecular complexity index is 640. The quantitative estimate of drug-likeness (QED) is 0.592. The molecule has 4 N–H and O–H groups in total. The fraction of sp³-hybridized carbons (Fsp3) is 0.286. The van der Waals surface area contributed by atoms with Gasteiger partial charge in [-0.05, 0) is 23.6 Å². The van der Waals surface area contributed by atoms with Crippen LogP contribution in [0.5, 0.6) is 0 Å². The zero-order valence-electron chi connectivity index (χ0n) is 10.9. The van der Waals surface area contributed by atoms with Crippen molar-refractivity contribution in [2.75, 3.05) is 16.9 Å². The molecule has 1 saturated heterocycles. The molecule has 5 nitrogen and oxygen atoms in total. The van der Waals surface area contributed by atoms with Crippen molar-refractivity contribution in [3.05, 3.63) is 36.0 Å². The zero-order valence-corrected chi connectivity index (χ0v) is 11.7. The van der Waals surface area contributed by atoms with Crippen LogP contribution in [0.1, 0.15) is 16.9 Å². The minimum Gasteiger partial charge on any atom is -0.347 e. The Labute approximate surface area is 121 Å². The predicted octanol–water partition coefficient (Wildman–Crippen LogP) is 1.76. The second-order valence-electron chi connectivity index (χ2n) is 4.76. The Morgan fingerprint density at radius 3 is 3.00 bits per heavy atom. The lowest BCUT2D eigenvalue weighted by molar-refractivity contribution is 0.0936. The van der Waals surface area contributed by atoms with E-state index in [9.17, 15) is 4.79 Å². The Hall–Kier alpha value is -1.79. The maximum absolute atomic E-state index is 12.3. The van der Waals surface area contributed by atoms with E-state index in [-0.39, 0.29) is 11.9 Å². The van der Waals surface area contributed by atoms with Gasteiger partial charge in [-0.15, -0.1) is 0 Å². The molecule has 1 fully saturated rings. The summed E-state index contributed by atoms with van der Waals surface area (Å²) in [7, 11) is 0. The van der Waals surface area contributed by atoms with Gasteiger partial charge in [-0.25, -0.2) is 10.8 Å². The van der Waals surface area contributed by atoms with Crippen molar-refractivity contribution >= 4 is 34.3 Å². The molecule has 104 valence electrons. The number of hydrogen-bond acceptors (Lipinski definition) is 5. The number of pyridine rings is 1. The fourth-order valence-electron chi connectivity index (χ4n) is 2.33. The van der Waals surface area contributed by atoms with E-state index in [1.54, 1.807) is 6.07 Å². The summed E-state index contributed by atoms with van der Waals surface area (Å²) in [6, 6.07) is 9.76. The van der Waals surface area contributed by atoms with Crippen LogP contribution < -0.4 is 16.6 Å². The molecule has 2 heterocycles. The lowest BCUT2D eigenvalue weighted by Gasteiger charge is -2.12. The van der Waals surface area contributed by atoms with E-state index in [0.29, 0.717) is 11.5 Å². The SMILES string of the molecule is NNc1nc(C(=O)NC2CCSC2)cc2ccccc12. The molecule has 1 aliphatic heterocycles. The van der Waals surface area contributed by atoms with Crippen molar-refractivity contribution in [1.29, 1.82) is 0 Å². The first-order chi connectivity index (χ1) is 9.78. The van der Waals surface area contributed by atoms with Gasteiger partial charge in [0.15, 0.2) is 0 Å². The predicted molar refractivity (Wildman–Crippen MR) is 82.7 cm³/mol. The van der Waals surface area contributed by atoms with Crippen LogP contribution in [0.2, 0.25) is 0 Å². The zero-order chi connectivity index (χ0) is 13.9. The Morgan fingerprint density at radius 1 is 1.40 bits per heavy atom. The molecule has 1 aliphatic rings. The highest BCUT2D eigenvalue weighted by molar-refractivity contribution is 7.99. The minimum atomic E-state index is -0.139. The molecule has 1 amide bonds. The summed E-state index contributed by atoms with van der Waals surface area (Å²) in [5.41, 5.74) is 2.96. The second-order valence-corrected chi connectivity index (χ2v) is 5.91. The number of nitrogen functional groups attached to an aromatic ring is 1. The molecule has 1 aromatic carbocycles. The number of nitrogens with two attached hydrogens (primary N) is 1. The second kappa shape index (κ2) is 5.68. The van der Waals surface area contributed by atoms with Crippen molar-refractivity contribution in [1.82, 2.24) is 10.3 Å². The number of hydrazine groups is 1. The van der Waals surface area contributed by atoms with Crippen molar-refractivity contribution in [2.24, 2.45) is 5.84 Å². The Balaban J connectivity index is 1.92. The third-order valence-corrected chi connectivity index (χ3v) is 4.54. The summed E-state index contributed by atoms with van der Waals surface area (Å²) < 4.78 is 0. The summed E-state index contributed by atoms with van der Waals surface area (Å²) in [6.07, 6.45) is 1.02. The van der Waals surface area contributed by atoms with E-state index < -0.39 is 0 Å². The summed E-state index contributed by atoms with van der Waals surface area (Å²) in [5, 5.41) is 4.87. The molecule has 0 saturated carbocycles. The van der Waals surface area contributed by atoms with E-state index >= 15 is 0 Å². The number of carbonyl (C=O) groups is 1. The Morgan fingerprint density at radius 2 is 2.25 bits per heavy atom. The molecule has 0 spiro atoms. The molecule has 1 aromatic heterocycles. The minimum absolute atomic E-state index is 0.139. The molecule has 0 bridgehead atoms. The third-order valence-electron chi connectivity index (χ3n) is 3.37. The molecule has 20 heavy (non-hydrogen) atoms. The van der Waals surface area contributed by atoms with Gasteiger partial charge in [-0.1, -0.05) is 24.3 Å². The molecule has 6 heteroatoms. The normalized spacial score (nSPS) is 18.1. The highest BCUT2D eigenvalue weighted by Crippen LogP contribution is 2.22. The van der Waals surface area contributed by atoms with Gasteiger partial charge in [-0.2, -0.15) is 11.8 Å². The average molecular weight is 288 g/mol. The largest absolute Gasteiger partial charge is 0.347 e. The van der Waals surface area contributed by atoms with E-state index in [4.69, 9.17) is 5.84 Å². The van der Waals surface area contributed by atoms with Crippen LogP contribution in [0, 0.1) is 0 Å². The number of rotatable bonds is 3. The number of anilines is 1. The summed E-state index contributed by atoms with van der Waals surface area (Å²) in [5.74, 6) is 7.96. The van der Waals surface area contributed by atoms with Gasteiger partial charge in [-0.3, -0.25) is 4.79 Å². The van der Waals surface area contributed by atoms with E-state index in [1.807, 2.05) is 36.0 Å². The number of benzene rings is 1. The number of amides is 1. The maximum Gasteiger partial charge on any atom is 0.270 e. The van der Waals surface area contributed by atoms with Gasteiger partial charge >= 0.3 is 0 Å². The molecule has 1 unspecified atom stereocenters. The van der Waals surface area contributed by atoms with Crippen LogP contribution in [-0.2, 0) is 0 Å². The van der Waals surface area contributed by atoms with Crippen molar-refractivity contribution in [3.8, 4) is 0 Å². The van der Waals surface area contributed by atoms with Crippen LogP contribution in [-0.4, -0.2) is 28.4 Å². The lowest BCUT2D eigenvalue weighted by Crippen LogP contribution is -2.35. The van der Waals surface area contributed by atoms with Gasteiger partial charge in [0.05, 0.1) is 0 Å². The number of nitrogens with one attached hydrogen (secondary N) is 2. The number of hydrogen-bond donors (Lipinski definition) is 3. The van der Waals surface area contributed by atoms with E-state index in [0.717, 1.165) is 28.7 Å². The number of fused-ring (bicyclic) bond motifs is 1. The molecule has 2 aromatic rings. The van der Waals surface area contributed by atoms with E-state index in [2.05, 4.69) is 15.7 Å². The monoisotopic (exact) mass is 288 g/mol. The molecular weight excluding hydrogens is 272 g/mol. The van der Waals surface area contributed by atoms with Crippen LogP contribution in [0.3, 0.4) is 0 Å². The van der Waals surface area contributed by atoms with Crippen molar-refractivity contribution in [3.63, 3.8) is 0 Å². The molecule has 0 radical (unpaired) electrons. The first kappa shape index (κ1) is 13.2. The van der Waals surface area contributed by atoms with Crippen LogP contribution in [0.25, 0.3) is 10.8 Å². The van der Waals surface area contributed by atoms with Gasteiger partial charge in [0.2, 0.25) is 0 Å². The summed E-state index contributed by atoms with van der Waals surface area (Å²) >= 11 is 1.86. The number of thioether (sulfide) groups is 1. The van der Waals surface area contributed by atoms with Crippen LogP contribution in [0.15, 0.2) is 30.3 Å². The third kappa shape index (κ3) is 2.57. The first-order valence-corrected chi connectivity index (χ1v) is 7.68. The molecular formula is C14H16N4OS. The van der Waals surface area contributed by atoms with E-state index in [1.165, 1.54) is 0 Å². The van der Waals surface area contributed by atoms with Crippen molar-refractivity contribution < 1.29 is 4.79 Å². The lowest BCUT2D eigenvalue weighted by atomic mass is 10.1. The smallest absolute Gasteiger partial charge is 0.270 e.